The molecule has 1 rings (SSSR count). The maximum atomic E-state index is 3.94. The average Bonchev–Trinajstić information content (AvgIpc) is 2.54. The van der Waals surface area contributed by atoms with Gasteiger partial charge in [0.05, 0.1) is 0 Å². The fraction of sp³-hybridized carbons (Fsp3) is 0.619. The van der Waals surface area contributed by atoms with Gasteiger partial charge in [0.25, 0.3) is 0 Å². The molecule has 0 aromatic heterocycles. The lowest BCUT2D eigenvalue weighted by Gasteiger charge is -2.15. The summed E-state index contributed by atoms with van der Waals surface area (Å²) < 4.78 is 0. The Labute approximate surface area is 139 Å². The van der Waals surface area contributed by atoms with Crippen LogP contribution in [0.5, 0.6) is 0 Å². The van der Waals surface area contributed by atoms with Crippen LogP contribution in [0.2, 0.25) is 0 Å². The predicted molar refractivity (Wildman–Crippen MR) is 102 cm³/mol. The molecule has 1 heteroatoms. The third-order valence-electron chi connectivity index (χ3n) is 3.88. The molecule has 0 heterocycles. The summed E-state index contributed by atoms with van der Waals surface area (Å²) in [6.07, 6.45) is 8.78. The molecule has 1 N–H and O–H groups in total. The van der Waals surface area contributed by atoms with Gasteiger partial charge in [-0.25, -0.2) is 0 Å². The first kappa shape index (κ1) is 20.9. The zero-order valence-corrected chi connectivity index (χ0v) is 15.3. The number of nitrogens with one attached hydrogen (secondary N) is 1. The maximum absolute atomic E-state index is 3.94. The second-order valence-electron chi connectivity index (χ2n) is 6.04. The Balaban J connectivity index is 0.000000433. The summed E-state index contributed by atoms with van der Waals surface area (Å²) in [7, 11) is 1.97. The van der Waals surface area contributed by atoms with Gasteiger partial charge in [-0.3, -0.25) is 0 Å². The van der Waals surface area contributed by atoms with E-state index in [0.29, 0.717) is 0 Å². The van der Waals surface area contributed by atoms with Crippen molar-refractivity contribution in [3.05, 3.63) is 48.0 Å². The molecule has 0 saturated carbocycles. The average molecular weight is 304 g/mol. The molecule has 0 bridgehead atoms. The minimum Gasteiger partial charge on any atom is -0.319 e. The molecular weight excluding hydrogens is 266 g/mol. The Morgan fingerprint density at radius 2 is 1.55 bits per heavy atom. The van der Waals surface area contributed by atoms with Crippen LogP contribution in [-0.2, 0) is 0 Å². The van der Waals surface area contributed by atoms with Crippen LogP contribution in [-0.4, -0.2) is 13.6 Å². The molecule has 0 fully saturated rings. The summed E-state index contributed by atoms with van der Waals surface area (Å²) >= 11 is 0. The molecule has 0 spiro atoms. The first-order chi connectivity index (χ1) is 10.7. The lowest BCUT2D eigenvalue weighted by Crippen LogP contribution is -2.07. The highest BCUT2D eigenvalue weighted by Crippen LogP contribution is 2.25. The quantitative estimate of drug-likeness (QED) is 0.498. The van der Waals surface area contributed by atoms with Crippen LogP contribution < -0.4 is 5.32 Å². The summed E-state index contributed by atoms with van der Waals surface area (Å²) in [5, 5.41) is 3.10. The molecule has 126 valence electrons. The highest BCUT2D eigenvalue weighted by molar-refractivity contribution is 5.19. The van der Waals surface area contributed by atoms with E-state index in [0.717, 1.165) is 18.9 Å². The van der Waals surface area contributed by atoms with E-state index in [9.17, 15) is 0 Å². The first-order valence-electron chi connectivity index (χ1n) is 9.05. The molecule has 0 saturated heterocycles. The van der Waals surface area contributed by atoms with Gasteiger partial charge in [0.1, 0.15) is 0 Å². The molecule has 0 radical (unpaired) electrons. The molecule has 0 atom stereocenters. The van der Waals surface area contributed by atoms with Crippen molar-refractivity contribution >= 4 is 0 Å². The van der Waals surface area contributed by atoms with Crippen molar-refractivity contribution in [1.82, 2.24) is 5.32 Å². The third kappa shape index (κ3) is 10.6. The molecule has 0 aliphatic heterocycles. The Morgan fingerprint density at radius 1 is 0.955 bits per heavy atom. The standard InChI is InChI=1S/C13H20.C8H17N/c1-3-8-12(9-4-2)13-10-6-5-7-11-13;1-4-5-8(2)6-7-9-3/h5-7,10-12H,3-4,8-9H2,1-2H3;9H,2,4-7H2,1,3H3. The molecule has 0 unspecified atom stereocenters. The second kappa shape index (κ2) is 14.8. The molecule has 0 aliphatic carbocycles. The van der Waals surface area contributed by atoms with Crippen LogP contribution in [0.1, 0.15) is 77.2 Å². The molecule has 0 aliphatic rings. The zero-order valence-electron chi connectivity index (χ0n) is 15.3. The Kier molecular flexibility index (Phi) is 14.1. The van der Waals surface area contributed by atoms with Gasteiger partial charge in [0, 0.05) is 0 Å². The van der Waals surface area contributed by atoms with Crippen molar-refractivity contribution in [3.63, 3.8) is 0 Å². The van der Waals surface area contributed by atoms with Crippen LogP contribution in [0.3, 0.4) is 0 Å². The van der Waals surface area contributed by atoms with Crippen molar-refractivity contribution in [2.24, 2.45) is 0 Å². The van der Waals surface area contributed by atoms with Crippen LogP contribution in [0.15, 0.2) is 42.5 Å². The Hall–Kier alpha value is -1.08. The number of benzene rings is 1. The zero-order chi connectivity index (χ0) is 16.6. The molecular formula is C21H37N. The van der Waals surface area contributed by atoms with E-state index in [2.05, 4.69) is 63.0 Å². The molecule has 22 heavy (non-hydrogen) atoms. The smallest absolute Gasteiger partial charge is 0.00147 e. The Bertz CT molecular complexity index is 349. The summed E-state index contributed by atoms with van der Waals surface area (Å²) in [5.41, 5.74) is 2.89. The highest BCUT2D eigenvalue weighted by atomic mass is 14.8. The van der Waals surface area contributed by atoms with Gasteiger partial charge in [-0.2, -0.15) is 0 Å². The summed E-state index contributed by atoms with van der Waals surface area (Å²) in [6, 6.07) is 10.9. The van der Waals surface area contributed by atoms with Gasteiger partial charge >= 0.3 is 0 Å². The van der Waals surface area contributed by atoms with Crippen molar-refractivity contribution in [2.75, 3.05) is 13.6 Å². The van der Waals surface area contributed by atoms with E-state index in [1.54, 1.807) is 0 Å². The van der Waals surface area contributed by atoms with Gasteiger partial charge in [-0.05, 0) is 50.8 Å². The molecule has 0 amide bonds. The number of hydrogen-bond donors (Lipinski definition) is 1. The first-order valence-corrected chi connectivity index (χ1v) is 9.05. The SMILES string of the molecule is C=C(CCC)CCNC.CCCC(CCC)c1ccccc1. The van der Waals surface area contributed by atoms with E-state index in [1.165, 1.54) is 49.7 Å². The monoisotopic (exact) mass is 303 g/mol. The van der Waals surface area contributed by atoms with Gasteiger partial charge in [-0.15, -0.1) is 0 Å². The van der Waals surface area contributed by atoms with Gasteiger partial charge < -0.3 is 5.32 Å². The van der Waals surface area contributed by atoms with Gasteiger partial charge in [-0.1, -0.05) is 82.5 Å². The van der Waals surface area contributed by atoms with E-state index in [-0.39, 0.29) is 0 Å². The maximum Gasteiger partial charge on any atom is -0.00147 e. The Morgan fingerprint density at radius 3 is 2.00 bits per heavy atom. The molecule has 1 nitrogen and oxygen atoms in total. The summed E-state index contributed by atoms with van der Waals surface area (Å²) in [6.45, 7) is 11.7. The van der Waals surface area contributed by atoms with E-state index >= 15 is 0 Å². The molecule has 1 aromatic rings. The van der Waals surface area contributed by atoms with Crippen molar-refractivity contribution in [2.45, 2.75) is 71.6 Å². The molecule has 1 aromatic carbocycles. The van der Waals surface area contributed by atoms with Crippen LogP contribution >= 0.6 is 0 Å². The fourth-order valence-electron chi connectivity index (χ4n) is 2.68. The van der Waals surface area contributed by atoms with Crippen LogP contribution in [0.25, 0.3) is 0 Å². The van der Waals surface area contributed by atoms with Crippen LogP contribution in [0.4, 0.5) is 0 Å². The number of hydrogen-bond acceptors (Lipinski definition) is 1. The predicted octanol–water partition coefficient (Wildman–Crippen LogP) is 6.32. The van der Waals surface area contributed by atoms with E-state index in [1.807, 2.05) is 7.05 Å². The lowest BCUT2D eigenvalue weighted by molar-refractivity contribution is 0.561. The largest absolute Gasteiger partial charge is 0.319 e. The number of rotatable bonds is 10. The summed E-state index contributed by atoms with van der Waals surface area (Å²) in [4.78, 5) is 0. The van der Waals surface area contributed by atoms with E-state index in [4.69, 9.17) is 0 Å². The minimum atomic E-state index is 0.788. The van der Waals surface area contributed by atoms with Crippen molar-refractivity contribution < 1.29 is 0 Å². The normalized spacial score (nSPS) is 10.2. The van der Waals surface area contributed by atoms with Gasteiger partial charge in [0.2, 0.25) is 0 Å². The topological polar surface area (TPSA) is 12.0 Å². The van der Waals surface area contributed by atoms with Crippen molar-refractivity contribution in [3.8, 4) is 0 Å². The fourth-order valence-corrected chi connectivity index (χ4v) is 2.68. The van der Waals surface area contributed by atoms with Crippen molar-refractivity contribution in [1.29, 1.82) is 0 Å². The summed E-state index contributed by atoms with van der Waals surface area (Å²) in [5.74, 6) is 0.788. The third-order valence-corrected chi connectivity index (χ3v) is 3.88. The highest BCUT2D eigenvalue weighted by Gasteiger charge is 2.07. The van der Waals surface area contributed by atoms with Crippen LogP contribution in [0, 0.1) is 0 Å². The van der Waals surface area contributed by atoms with E-state index < -0.39 is 0 Å². The second-order valence-corrected chi connectivity index (χ2v) is 6.04. The van der Waals surface area contributed by atoms with Gasteiger partial charge in [0.15, 0.2) is 0 Å². The minimum absolute atomic E-state index is 0.788. The lowest BCUT2D eigenvalue weighted by atomic mass is 9.91.